The fourth-order valence-corrected chi connectivity index (χ4v) is 1.31. The number of carbonyl (C=O) groups is 1. The molecular formula is C10H11N3O4. The number of nitro benzene ring substituents is 1. The number of carbonyl (C=O) groups excluding carboxylic acids is 1. The first kappa shape index (κ1) is 11.2. The van der Waals surface area contributed by atoms with Gasteiger partial charge in [-0.25, -0.2) is 4.79 Å². The van der Waals surface area contributed by atoms with Crippen LogP contribution in [0.15, 0.2) is 18.2 Å². The second-order valence-corrected chi connectivity index (χ2v) is 3.83. The molecule has 0 aliphatic heterocycles. The van der Waals surface area contributed by atoms with Gasteiger partial charge in [-0.2, -0.15) is 0 Å². The van der Waals surface area contributed by atoms with E-state index in [4.69, 9.17) is 0 Å². The smallest absolute Gasteiger partial charge is 0.319 e. The Hall–Kier alpha value is -2.31. The maximum atomic E-state index is 11.4. The number of amides is 2. The summed E-state index contributed by atoms with van der Waals surface area (Å²) in [4.78, 5) is 21.3. The summed E-state index contributed by atoms with van der Waals surface area (Å²) in [5.41, 5.74) is -0.165. The number of aromatic hydroxyl groups is 1. The van der Waals surface area contributed by atoms with Crippen molar-refractivity contribution in [3.8, 4) is 5.75 Å². The third-order valence-corrected chi connectivity index (χ3v) is 2.35. The number of anilines is 1. The molecule has 1 aromatic carbocycles. The number of hydrogen-bond acceptors (Lipinski definition) is 4. The molecule has 0 unspecified atom stereocenters. The highest BCUT2D eigenvalue weighted by atomic mass is 16.6. The summed E-state index contributed by atoms with van der Waals surface area (Å²) in [5, 5.41) is 25.0. The Balaban J connectivity index is 2.09. The van der Waals surface area contributed by atoms with E-state index in [9.17, 15) is 20.0 Å². The van der Waals surface area contributed by atoms with Gasteiger partial charge in [0.15, 0.2) is 0 Å². The number of benzene rings is 1. The lowest BCUT2D eigenvalue weighted by molar-refractivity contribution is -0.384. The number of nitrogens with one attached hydrogen (secondary N) is 2. The van der Waals surface area contributed by atoms with Crippen LogP contribution in [0.4, 0.5) is 16.2 Å². The van der Waals surface area contributed by atoms with Gasteiger partial charge in [-0.05, 0) is 18.9 Å². The Morgan fingerprint density at radius 1 is 1.47 bits per heavy atom. The van der Waals surface area contributed by atoms with E-state index in [0.29, 0.717) is 0 Å². The highest BCUT2D eigenvalue weighted by molar-refractivity contribution is 5.91. The quantitative estimate of drug-likeness (QED) is 0.421. The van der Waals surface area contributed by atoms with E-state index in [2.05, 4.69) is 10.6 Å². The summed E-state index contributed by atoms with van der Waals surface area (Å²) in [6.07, 6.45) is 1.88. The van der Waals surface area contributed by atoms with Crippen molar-refractivity contribution >= 4 is 17.4 Å². The van der Waals surface area contributed by atoms with Crippen LogP contribution < -0.4 is 10.6 Å². The molecule has 2 amide bonds. The molecule has 1 aliphatic rings. The van der Waals surface area contributed by atoms with Gasteiger partial charge in [0.25, 0.3) is 5.69 Å². The molecular weight excluding hydrogens is 226 g/mol. The number of phenolic OH excluding ortho intramolecular Hbond substituents is 1. The van der Waals surface area contributed by atoms with E-state index in [1.165, 1.54) is 12.1 Å². The molecule has 1 saturated carbocycles. The second-order valence-electron chi connectivity index (χ2n) is 3.83. The van der Waals surface area contributed by atoms with E-state index >= 15 is 0 Å². The van der Waals surface area contributed by atoms with Crippen LogP contribution in [0.1, 0.15) is 12.8 Å². The zero-order valence-electron chi connectivity index (χ0n) is 8.84. The van der Waals surface area contributed by atoms with Crippen molar-refractivity contribution in [2.75, 3.05) is 5.32 Å². The van der Waals surface area contributed by atoms with Crippen molar-refractivity contribution in [1.82, 2.24) is 5.32 Å². The molecule has 0 radical (unpaired) electrons. The highest BCUT2D eigenvalue weighted by Crippen LogP contribution is 2.28. The Morgan fingerprint density at radius 3 is 2.76 bits per heavy atom. The fraction of sp³-hybridized carbons (Fsp3) is 0.300. The third-order valence-electron chi connectivity index (χ3n) is 2.35. The Morgan fingerprint density at radius 2 is 2.18 bits per heavy atom. The first-order chi connectivity index (χ1) is 8.06. The molecule has 17 heavy (non-hydrogen) atoms. The number of hydrogen-bond donors (Lipinski definition) is 3. The van der Waals surface area contributed by atoms with Gasteiger partial charge < -0.3 is 15.7 Å². The monoisotopic (exact) mass is 237 g/mol. The van der Waals surface area contributed by atoms with Gasteiger partial charge >= 0.3 is 6.03 Å². The first-order valence-corrected chi connectivity index (χ1v) is 5.11. The van der Waals surface area contributed by atoms with Crippen LogP contribution in [0.3, 0.4) is 0 Å². The zero-order chi connectivity index (χ0) is 12.4. The number of nitrogens with zero attached hydrogens (tertiary/aromatic N) is 1. The molecule has 1 aliphatic carbocycles. The Kier molecular flexibility index (Phi) is 2.82. The molecule has 0 spiro atoms. The van der Waals surface area contributed by atoms with E-state index in [0.717, 1.165) is 18.9 Å². The minimum Gasteiger partial charge on any atom is -0.506 e. The average molecular weight is 237 g/mol. The van der Waals surface area contributed by atoms with E-state index < -0.39 is 11.0 Å². The van der Waals surface area contributed by atoms with Crippen LogP contribution >= 0.6 is 0 Å². The number of phenols is 1. The Labute approximate surface area is 96.6 Å². The van der Waals surface area contributed by atoms with Crippen molar-refractivity contribution in [2.24, 2.45) is 0 Å². The fourth-order valence-electron chi connectivity index (χ4n) is 1.31. The van der Waals surface area contributed by atoms with Crippen LogP contribution in [0, 0.1) is 10.1 Å². The van der Waals surface area contributed by atoms with Gasteiger partial charge in [-0.1, -0.05) is 0 Å². The van der Waals surface area contributed by atoms with Crippen LogP contribution in [-0.2, 0) is 0 Å². The molecule has 1 aromatic rings. The summed E-state index contributed by atoms with van der Waals surface area (Å²) in [5.74, 6) is -0.207. The molecule has 7 nitrogen and oxygen atoms in total. The van der Waals surface area contributed by atoms with Gasteiger partial charge in [0.2, 0.25) is 0 Å². The van der Waals surface area contributed by atoms with Crippen LogP contribution in [0.2, 0.25) is 0 Å². The van der Waals surface area contributed by atoms with Gasteiger partial charge in [0.1, 0.15) is 5.75 Å². The molecule has 7 heteroatoms. The van der Waals surface area contributed by atoms with Crippen molar-refractivity contribution in [3.05, 3.63) is 28.3 Å². The minimum atomic E-state index is -0.594. The summed E-state index contributed by atoms with van der Waals surface area (Å²) < 4.78 is 0. The van der Waals surface area contributed by atoms with Crippen LogP contribution in [0.25, 0.3) is 0 Å². The third kappa shape index (κ3) is 2.83. The van der Waals surface area contributed by atoms with Gasteiger partial charge in [-0.15, -0.1) is 0 Å². The maximum Gasteiger partial charge on any atom is 0.319 e. The summed E-state index contributed by atoms with van der Waals surface area (Å²) in [6.45, 7) is 0. The van der Waals surface area contributed by atoms with E-state index in [1.807, 2.05) is 0 Å². The molecule has 0 aromatic heterocycles. The Bertz CT molecular complexity index is 471. The average Bonchev–Trinajstić information content (AvgIpc) is 3.04. The summed E-state index contributed by atoms with van der Waals surface area (Å²) in [6, 6.07) is 3.16. The molecule has 0 bridgehead atoms. The number of rotatable bonds is 3. The molecule has 0 heterocycles. The number of urea groups is 1. The highest BCUT2D eigenvalue weighted by Gasteiger charge is 2.23. The molecule has 0 atom stereocenters. The number of nitro groups is 1. The molecule has 0 saturated heterocycles. The lowest BCUT2D eigenvalue weighted by atomic mass is 10.2. The molecule has 90 valence electrons. The van der Waals surface area contributed by atoms with Crippen molar-refractivity contribution < 1.29 is 14.8 Å². The zero-order valence-corrected chi connectivity index (χ0v) is 8.84. The van der Waals surface area contributed by atoms with Crippen LogP contribution in [-0.4, -0.2) is 22.1 Å². The SMILES string of the molecule is O=C(Nc1cc([N+](=O)[O-])ccc1O)NC1CC1. The molecule has 2 rings (SSSR count). The van der Waals surface area contributed by atoms with Gasteiger partial charge in [0, 0.05) is 18.2 Å². The topological polar surface area (TPSA) is 104 Å². The summed E-state index contributed by atoms with van der Waals surface area (Å²) >= 11 is 0. The predicted molar refractivity (Wildman–Crippen MR) is 59.9 cm³/mol. The predicted octanol–water partition coefficient (Wildman–Crippen LogP) is 1.58. The van der Waals surface area contributed by atoms with Crippen molar-refractivity contribution in [1.29, 1.82) is 0 Å². The van der Waals surface area contributed by atoms with Crippen molar-refractivity contribution in [3.63, 3.8) is 0 Å². The van der Waals surface area contributed by atoms with E-state index in [-0.39, 0.29) is 23.2 Å². The lowest BCUT2D eigenvalue weighted by Gasteiger charge is -2.07. The minimum absolute atomic E-state index is 0.0253. The largest absolute Gasteiger partial charge is 0.506 e. The first-order valence-electron chi connectivity index (χ1n) is 5.11. The number of non-ortho nitro benzene ring substituents is 1. The van der Waals surface area contributed by atoms with Gasteiger partial charge in [0.05, 0.1) is 10.6 Å². The van der Waals surface area contributed by atoms with Crippen LogP contribution in [0.5, 0.6) is 5.75 Å². The van der Waals surface area contributed by atoms with Crippen molar-refractivity contribution in [2.45, 2.75) is 18.9 Å². The second kappa shape index (κ2) is 4.28. The summed E-state index contributed by atoms with van der Waals surface area (Å²) in [7, 11) is 0. The van der Waals surface area contributed by atoms with Gasteiger partial charge in [-0.3, -0.25) is 10.1 Å². The standard InChI is InChI=1S/C10H11N3O4/c14-9-4-3-7(13(16)17)5-8(9)12-10(15)11-6-1-2-6/h3-6,14H,1-2H2,(H2,11,12,15). The lowest BCUT2D eigenvalue weighted by Crippen LogP contribution is -2.30. The maximum absolute atomic E-state index is 11.4. The molecule has 3 N–H and O–H groups in total. The van der Waals surface area contributed by atoms with E-state index in [1.54, 1.807) is 0 Å². The molecule has 1 fully saturated rings. The normalized spacial score (nSPS) is 14.1.